The Labute approximate surface area is 389 Å². The van der Waals surface area contributed by atoms with Crippen molar-refractivity contribution in [1.82, 2.24) is 5.06 Å². The quantitative estimate of drug-likeness (QED) is 0.0528. The minimum Gasteiger partial charge on any atom is -0.456 e. The summed E-state index contributed by atoms with van der Waals surface area (Å²) in [4.78, 5) is 43.7. The summed E-state index contributed by atoms with van der Waals surface area (Å²) in [5, 5.41) is 0.567. The van der Waals surface area contributed by atoms with E-state index in [0.717, 1.165) is 50.5 Å². The Bertz CT molecular complexity index is 2530. The van der Waals surface area contributed by atoms with Gasteiger partial charge in [0.25, 0.3) is 21.9 Å². The molecule has 0 radical (unpaired) electrons. The lowest BCUT2D eigenvalue weighted by atomic mass is 9.80. The molecule has 0 bridgehead atoms. The zero-order valence-electron chi connectivity index (χ0n) is 39.5. The van der Waals surface area contributed by atoms with E-state index in [1.165, 1.54) is 6.07 Å². The second-order valence-electron chi connectivity index (χ2n) is 17.5. The number of hydrogen-bond donors (Lipinski definition) is 1. The molecule has 4 aliphatic heterocycles. The number of rotatable bonds is 19. The lowest BCUT2D eigenvalue weighted by Gasteiger charge is -2.44. The van der Waals surface area contributed by atoms with Gasteiger partial charge in [0.2, 0.25) is 5.69 Å². The number of carbonyl (C=O) groups excluding carboxylic acids is 3. The van der Waals surface area contributed by atoms with Crippen molar-refractivity contribution in [2.75, 3.05) is 58.1 Å². The van der Waals surface area contributed by atoms with Crippen LogP contribution in [-0.4, -0.2) is 105 Å². The van der Waals surface area contributed by atoms with Gasteiger partial charge in [-0.3, -0.25) is 14.1 Å². The molecule has 4 aliphatic rings. The largest absolute Gasteiger partial charge is 0.456 e. The van der Waals surface area contributed by atoms with Crippen LogP contribution < -0.4 is 9.64 Å². The standard InChI is InChI=1S/C49H57N3O11S.C2H6/c1-33-32-48(2,3)51(21-22-60-25-26-61-24-23-59-6)41-31-43-38(30-37(33)41)35(27-42(62-43)34-13-9-7-10-14-34)28-44-49(4,5)39-29-36(64(56,57)58)16-17-40(39)50(44)20-12-8-11-15-47(55)63-52-45(53)18-19-46(52)54;1-2/h7,9-10,13-14,16-17,27-32H,8,11-12,15,18-26H2,1-6H3;1-2H3/p+1. The first-order chi connectivity index (χ1) is 31.5. The predicted octanol–water partition coefficient (Wildman–Crippen LogP) is 8.70. The van der Waals surface area contributed by atoms with Crippen LogP contribution >= 0.6 is 0 Å². The van der Waals surface area contributed by atoms with Gasteiger partial charge in [0.15, 0.2) is 5.71 Å². The summed E-state index contributed by atoms with van der Waals surface area (Å²) in [7, 11) is -2.84. The van der Waals surface area contributed by atoms with E-state index in [0.29, 0.717) is 82.0 Å². The van der Waals surface area contributed by atoms with Crippen molar-refractivity contribution in [3.8, 4) is 5.75 Å². The Hall–Kier alpha value is -5.45. The molecule has 354 valence electrons. The smallest absolute Gasteiger partial charge is 0.333 e. The number of unbranched alkanes of at least 4 members (excludes halogenated alkanes) is 2. The number of amides is 2. The molecule has 66 heavy (non-hydrogen) atoms. The highest BCUT2D eigenvalue weighted by atomic mass is 32.2. The minimum absolute atomic E-state index is 0.0295. The summed E-state index contributed by atoms with van der Waals surface area (Å²) in [6, 6.07) is 18.9. The monoisotopic (exact) mass is 926 g/mol. The van der Waals surface area contributed by atoms with Crippen LogP contribution in [0.3, 0.4) is 0 Å². The molecule has 15 heteroatoms. The van der Waals surface area contributed by atoms with Crippen LogP contribution in [-0.2, 0) is 49.0 Å². The average molecular weight is 927 g/mol. The number of carbonyl (C=O) groups is 3. The number of benzene rings is 3. The molecule has 7 rings (SSSR count). The van der Waals surface area contributed by atoms with E-state index in [-0.39, 0.29) is 29.7 Å². The second-order valence-corrected chi connectivity index (χ2v) is 18.9. The van der Waals surface area contributed by atoms with Gasteiger partial charge in [-0.25, -0.2) is 4.79 Å². The van der Waals surface area contributed by atoms with Gasteiger partial charge < -0.3 is 28.7 Å². The summed E-state index contributed by atoms with van der Waals surface area (Å²) in [5.41, 5.74) is 7.32. The van der Waals surface area contributed by atoms with Crippen LogP contribution in [0.15, 0.2) is 83.8 Å². The molecule has 0 saturated carbocycles. The van der Waals surface area contributed by atoms with E-state index in [1.54, 1.807) is 19.2 Å². The molecule has 1 fully saturated rings. The second kappa shape index (κ2) is 21.5. The molecule has 4 heterocycles. The molecule has 0 atom stereocenters. The number of nitrogens with zero attached hydrogens (tertiary/aromatic N) is 3. The lowest BCUT2D eigenvalue weighted by Crippen LogP contribution is -2.47. The van der Waals surface area contributed by atoms with Crippen molar-refractivity contribution >= 4 is 61.9 Å². The first-order valence-electron chi connectivity index (χ1n) is 22.8. The van der Waals surface area contributed by atoms with Crippen LogP contribution in [0, 0.1) is 0 Å². The van der Waals surface area contributed by atoms with E-state index >= 15 is 0 Å². The van der Waals surface area contributed by atoms with Crippen molar-refractivity contribution in [3.05, 3.63) is 101 Å². The van der Waals surface area contributed by atoms with Crippen LogP contribution in [0.1, 0.15) is 109 Å². The first kappa shape index (κ1) is 50.0. The Morgan fingerprint density at radius 3 is 2.24 bits per heavy atom. The topological polar surface area (TPSA) is 161 Å². The number of anilines is 1. The lowest BCUT2D eigenvalue weighted by molar-refractivity contribution is -0.438. The van der Waals surface area contributed by atoms with Gasteiger partial charge in [0.05, 0.1) is 48.9 Å². The SMILES string of the molecule is CC.COCCOCCOCCN1c2cc3c(cc2C(C)=CC1(C)C)/C(=C/C1=[N+](CCCCCC(=O)ON2C(=O)CCC2=O)c2ccc(S(=O)(=O)O)cc2C1(C)C)C=C(c1ccccc1)O3. The maximum absolute atomic E-state index is 12.5. The van der Waals surface area contributed by atoms with E-state index in [1.807, 2.05) is 64.1 Å². The third-order valence-corrected chi connectivity index (χ3v) is 13.0. The van der Waals surface area contributed by atoms with Gasteiger partial charge in [-0.2, -0.15) is 13.0 Å². The Kier molecular flexibility index (Phi) is 16.2. The van der Waals surface area contributed by atoms with Gasteiger partial charge in [0.1, 0.15) is 18.1 Å². The molecule has 0 aromatic heterocycles. The third-order valence-electron chi connectivity index (χ3n) is 12.1. The van der Waals surface area contributed by atoms with Gasteiger partial charge in [-0.05, 0) is 82.9 Å². The Morgan fingerprint density at radius 1 is 0.879 bits per heavy atom. The number of fused-ring (bicyclic) bond motifs is 3. The van der Waals surface area contributed by atoms with Gasteiger partial charge >= 0.3 is 5.97 Å². The Morgan fingerprint density at radius 2 is 1.56 bits per heavy atom. The molecule has 0 spiro atoms. The highest BCUT2D eigenvalue weighted by Crippen LogP contribution is 2.48. The molecule has 0 aliphatic carbocycles. The van der Waals surface area contributed by atoms with Gasteiger partial charge in [0, 0.05) is 85.5 Å². The number of imide groups is 1. The van der Waals surface area contributed by atoms with Crippen LogP contribution in [0.5, 0.6) is 5.75 Å². The highest BCUT2D eigenvalue weighted by molar-refractivity contribution is 7.85. The fourth-order valence-corrected chi connectivity index (χ4v) is 9.37. The molecule has 1 N–H and O–H groups in total. The maximum Gasteiger partial charge on any atom is 0.333 e. The van der Waals surface area contributed by atoms with Gasteiger partial charge in [-0.15, -0.1) is 5.06 Å². The molecule has 3 aromatic rings. The molecule has 3 aromatic carbocycles. The molecule has 14 nitrogen and oxygen atoms in total. The zero-order valence-corrected chi connectivity index (χ0v) is 40.3. The molecule has 0 unspecified atom stereocenters. The van der Waals surface area contributed by atoms with E-state index in [2.05, 4.69) is 54.5 Å². The predicted molar refractivity (Wildman–Crippen MR) is 254 cm³/mol. The maximum atomic E-state index is 12.5. The van der Waals surface area contributed by atoms with Crippen LogP contribution in [0.2, 0.25) is 0 Å². The third kappa shape index (κ3) is 11.2. The summed E-state index contributed by atoms with van der Waals surface area (Å²) in [5.74, 6) is -0.320. The fraction of sp³-hybridized carbons (Fsp3) is 0.451. The number of methoxy groups -OCH3 is 1. The zero-order chi connectivity index (χ0) is 47.8. The summed E-state index contributed by atoms with van der Waals surface area (Å²) in [6.45, 7) is 18.3. The van der Waals surface area contributed by atoms with Crippen molar-refractivity contribution in [2.24, 2.45) is 0 Å². The molecular weight excluding hydrogens is 863 g/mol. The molecule has 2 amide bonds. The molecular formula is C51H64N3O11S+. The number of allylic oxidation sites excluding steroid dienone is 4. The normalized spacial score (nSPS) is 17.7. The minimum atomic E-state index is -4.49. The van der Waals surface area contributed by atoms with Crippen molar-refractivity contribution in [1.29, 1.82) is 0 Å². The van der Waals surface area contributed by atoms with Crippen molar-refractivity contribution in [2.45, 2.75) is 103 Å². The highest BCUT2D eigenvalue weighted by Gasteiger charge is 2.46. The fourth-order valence-electron chi connectivity index (χ4n) is 8.86. The summed E-state index contributed by atoms with van der Waals surface area (Å²) >= 11 is 0. The van der Waals surface area contributed by atoms with E-state index < -0.39 is 33.3 Å². The van der Waals surface area contributed by atoms with E-state index in [4.69, 9.17) is 23.8 Å². The summed E-state index contributed by atoms with van der Waals surface area (Å²) in [6.07, 6.45) is 8.31. The number of hydroxylamine groups is 2. The van der Waals surface area contributed by atoms with Crippen molar-refractivity contribution in [3.63, 3.8) is 0 Å². The number of hydrogen-bond acceptors (Lipinski definition) is 11. The Balaban J connectivity index is 0.00000355. The van der Waals surface area contributed by atoms with Crippen LogP contribution in [0.25, 0.3) is 16.9 Å². The van der Waals surface area contributed by atoms with Crippen molar-refractivity contribution < 1.29 is 55.7 Å². The van der Waals surface area contributed by atoms with E-state index in [9.17, 15) is 27.4 Å². The van der Waals surface area contributed by atoms with Crippen LogP contribution in [0.4, 0.5) is 11.4 Å². The number of ether oxygens (including phenoxy) is 4. The molecule has 1 saturated heterocycles. The summed E-state index contributed by atoms with van der Waals surface area (Å²) < 4.78 is 60.6. The van der Waals surface area contributed by atoms with Gasteiger partial charge in [-0.1, -0.05) is 50.3 Å². The average Bonchev–Trinajstić information content (AvgIpc) is 3.71. The first-order valence-corrected chi connectivity index (χ1v) is 24.2.